The molecule has 0 radical (unpaired) electrons. The van der Waals surface area contributed by atoms with Gasteiger partial charge in [0.2, 0.25) is 10.0 Å². The van der Waals surface area contributed by atoms with Gasteiger partial charge in [-0.25, -0.2) is 12.8 Å². The first-order valence-electron chi connectivity index (χ1n) is 6.50. The van der Waals surface area contributed by atoms with Gasteiger partial charge in [-0.2, -0.15) is 4.31 Å². The summed E-state index contributed by atoms with van der Waals surface area (Å²) < 4.78 is 39.5. The molecule has 6 heteroatoms. The monoisotopic (exact) mass is 325 g/mol. The molecule has 2 aromatic carbocycles. The highest BCUT2D eigenvalue weighted by Crippen LogP contribution is 2.27. The SMILES string of the molecule is O=S(=O)(c1ccc(F)cc1)N1CCc2ccc(Cl)cc2C1. The van der Waals surface area contributed by atoms with Crippen LogP contribution in [-0.2, 0) is 23.0 Å². The number of hydrogen-bond acceptors (Lipinski definition) is 2. The van der Waals surface area contributed by atoms with Crippen molar-refractivity contribution in [1.82, 2.24) is 4.31 Å². The van der Waals surface area contributed by atoms with E-state index in [1.54, 1.807) is 6.07 Å². The zero-order chi connectivity index (χ0) is 15.0. The Morgan fingerprint density at radius 2 is 1.76 bits per heavy atom. The second kappa shape index (κ2) is 5.40. The molecule has 0 amide bonds. The fourth-order valence-electron chi connectivity index (χ4n) is 2.46. The van der Waals surface area contributed by atoms with Crippen molar-refractivity contribution in [3.05, 3.63) is 64.4 Å². The van der Waals surface area contributed by atoms with Gasteiger partial charge < -0.3 is 0 Å². The molecule has 0 spiro atoms. The lowest BCUT2D eigenvalue weighted by Gasteiger charge is -2.28. The molecule has 0 aliphatic carbocycles. The quantitative estimate of drug-likeness (QED) is 0.850. The van der Waals surface area contributed by atoms with Crippen LogP contribution in [0, 0.1) is 5.82 Å². The lowest BCUT2D eigenvalue weighted by Crippen LogP contribution is -2.35. The first-order valence-corrected chi connectivity index (χ1v) is 8.31. The van der Waals surface area contributed by atoms with Gasteiger partial charge in [0.25, 0.3) is 0 Å². The predicted molar refractivity (Wildman–Crippen MR) is 79.2 cm³/mol. The van der Waals surface area contributed by atoms with E-state index in [0.29, 0.717) is 18.0 Å². The van der Waals surface area contributed by atoms with Crippen LogP contribution in [0.4, 0.5) is 4.39 Å². The Balaban J connectivity index is 1.93. The van der Waals surface area contributed by atoms with E-state index in [4.69, 9.17) is 11.6 Å². The van der Waals surface area contributed by atoms with Gasteiger partial charge in [-0.1, -0.05) is 17.7 Å². The lowest BCUT2D eigenvalue weighted by molar-refractivity contribution is 0.391. The van der Waals surface area contributed by atoms with Gasteiger partial charge in [-0.3, -0.25) is 0 Å². The minimum atomic E-state index is -3.61. The Morgan fingerprint density at radius 1 is 1.05 bits per heavy atom. The molecule has 3 nitrogen and oxygen atoms in total. The molecule has 0 saturated heterocycles. The fourth-order valence-corrected chi connectivity index (χ4v) is 4.07. The number of sulfonamides is 1. The van der Waals surface area contributed by atoms with Crippen molar-refractivity contribution in [3.8, 4) is 0 Å². The molecule has 0 N–H and O–H groups in total. The van der Waals surface area contributed by atoms with E-state index >= 15 is 0 Å². The van der Waals surface area contributed by atoms with Crippen LogP contribution in [0.5, 0.6) is 0 Å². The molecule has 1 aliphatic heterocycles. The second-order valence-electron chi connectivity index (χ2n) is 4.96. The molecule has 2 aromatic rings. The van der Waals surface area contributed by atoms with Gasteiger partial charge in [0.1, 0.15) is 5.82 Å². The van der Waals surface area contributed by atoms with Gasteiger partial charge in [0.05, 0.1) is 4.90 Å². The van der Waals surface area contributed by atoms with E-state index in [0.717, 1.165) is 23.3 Å². The standard InChI is InChI=1S/C15H13ClFNO2S/c16-13-2-1-11-7-8-18(10-12(11)9-13)21(19,20)15-5-3-14(17)4-6-15/h1-6,9H,7-8,10H2. The van der Waals surface area contributed by atoms with E-state index in [2.05, 4.69) is 0 Å². The average molecular weight is 326 g/mol. The maximum atomic E-state index is 12.9. The number of hydrogen-bond donors (Lipinski definition) is 0. The van der Waals surface area contributed by atoms with Crippen molar-refractivity contribution in [1.29, 1.82) is 0 Å². The molecule has 0 atom stereocenters. The molecule has 0 aromatic heterocycles. The summed E-state index contributed by atoms with van der Waals surface area (Å²) in [6.07, 6.45) is 0.646. The van der Waals surface area contributed by atoms with Gasteiger partial charge in [-0.15, -0.1) is 0 Å². The average Bonchev–Trinajstić information content (AvgIpc) is 2.47. The number of halogens is 2. The van der Waals surface area contributed by atoms with Crippen LogP contribution in [-0.4, -0.2) is 19.3 Å². The van der Waals surface area contributed by atoms with Crippen LogP contribution in [0.3, 0.4) is 0 Å². The summed E-state index contributed by atoms with van der Waals surface area (Å²) in [4.78, 5) is 0.106. The Kier molecular flexibility index (Phi) is 3.73. The molecule has 0 bridgehead atoms. The smallest absolute Gasteiger partial charge is 0.207 e. The Morgan fingerprint density at radius 3 is 2.48 bits per heavy atom. The topological polar surface area (TPSA) is 37.4 Å². The van der Waals surface area contributed by atoms with E-state index in [9.17, 15) is 12.8 Å². The molecule has 0 fully saturated rings. The zero-order valence-corrected chi connectivity index (χ0v) is 12.7. The van der Waals surface area contributed by atoms with Crippen molar-refractivity contribution >= 4 is 21.6 Å². The van der Waals surface area contributed by atoms with Gasteiger partial charge in [0, 0.05) is 18.1 Å². The molecular weight excluding hydrogens is 313 g/mol. The van der Waals surface area contributed by atoms with E-state index in [1.807, 2.05) is 12.1 Å². The second-order valence-corrected chi connectivity index (χ2v) is 7.33. The third-order valence-corrected chi connectivity index (χ3v) is 5.69. The minimum absolute atomic E-state index is 0.106. The molecule has 0 saturated carbocycles. The lowest BCUT2D eigenvalue weighted by atomic mass is 10.0. The third kappa shape index (κ3) is 2.81. The van der Waals surface area contributed by atoms with Crippen LogP contribution >= 0.6 is 11.6 Å². The fraction of sp³-hybridized carbons (Fsp3) is 0.200. The number of nitrogens with zero attached hydrogens (tertiary/aromatic N) is 1. The molecule has 110 valence electrons. The molecular formula is C15H13ClFNO2S. The summed E-state index contributed by atoms with van der Waals surface area (Å²) in [5, 5.41) is 0.592. The Labute approximate surface area is 128 Å². The Hall–Kier alpha value is -1.43. The molecule has 1 heterocycles. The molecule has 1 aliphatic rings. The predicted octanol–water partition coefficient (Wildman–Crippen LogP) is 3.23. The summed E-state index contributed by atoms with van der Waals surface area (Å²) in [6, 6.07) is 10.4. The van der Waals surface area contributed by atoms with Crippen LogP contribution < -0.4 is 0 Å². The van der Waals surface area contributed by atoms with Gasteiger partial charge >= 0.3 is 0 Å². The summed E-state index contributed by atoms with van der Waals surface area (Å²) in [5.74, 6) is -0.454. The van der Waals surface area contributed by atoms with Gasteiger partial charge in [0.15, 0.2) is 0 Å². The number of fused-ring (bicyclic) bond motifs is 1. The summed E-state index contributed by atoms with van der Waals surface area (Å²) in [5.41, 5.74) is 2.03. The van der Waals surface area contributed by atoms with Crippen LogP contribution in [0.25, 0.3) is 0 Å². The number of benzene rings is 2. The van der Waals surface area contributed by atoms with E-state index in [1.165, 1.54) is 16.4 Å². The molecule has 21 heavy (non-hydrogen) atoms. The third-order valence-electron chi connectivity index (χ3n) is 3.60. The summed E-state index contributed by atoms with van der Waals surface area (Å²) >= 11 is 5.96. The maximum Gasteiger partial charge on any atom is 0.243 e. The normalized spacial score (nSPS) is 15.7. The minimum Gasteiger partial charge on any atom is -0.207 e. The van der Waals surface area contributed by atoms with Crippen molar-refractivity contribution in [3.63, 3.8) is 0 Å². The molecule has 0 unspecified atom stereocenters. The zero-order valence-electron chi connectivity index (χ0n) is 11.1. The molecule has 3 rings (SSSR count). The van der Waals surface area contributed by atoms with Crippen molar-refractivity contribution in [2.75, 3.05) is 6.54 Å². The first kappa shape index (κ1) is 14.5. The first-order chi connectivity index (χ1) is 9.96. The highest BCUT2D eigenvalue weighted by atomic mass is 35.5. The maximum absolute atomic E-state index is 12.9. The highest BCUT2D eigenvalue weighted by Gasteiger charge is 2.28. The highest BCUT2D eigenvalue weighted by molar-refractivity contribution is 7.89. The van der Waals surface area contributed by atoms with Crippen LogP contribution in [0.15, 0.2) is 47.4 Å². The van der Waals surface area contributed by atoms with E-state index in [-0.39, 0.29) is 11.4 Å². The summed E-state index contributed by atoms with van der Waals surface area (Å²) in [6.45, 7) is 0.698. The van der Waals surface area contributed by atoms with Crippen LogP contribution in [0.1, 0.15) is 11.1 Å². The van der Waals surface area contributed by atoms with Crippen LogP contribution in [0.2, 0.25) is 5.02 Å². The van der Waals surface area contributed by atoms with Gasteiger partial charge in [-0.05, 0) is 53.9 Å². The number of rotatable bonds is 2. The largest absolute Gasteiger partial charge is 0.243 e. The van der Waals surface area contributed by atoms with E-state index < -0.39 is 15.8 Å². The summed E-state index contributed by atoms with van der Waals surface area (Å²) in [7, 11) is -3.61. The van der Waals surface area contributed by atoms with Crippen molar-refractivity contribution < 1.29 is 12.8 Å². The Bertz CT molecular complexity index is 775. The van der Waals surface area contributed by atoms with Crippen molar-refractivity contribution in [2.24, 2.45) is 0 Å². The van der Waals surface area contributed by atoms with Crippen molar-refractivity contribution in [2.45, 2.75) is 17.9 Å².